The fraction of sp³-hybridized carbons (Fsp3) is 0.400. The van der Waals surface area contributed by atoms with Gasteiger partial charge in [0.25, 0.3) is 5.91 Å². The summed E-state index contributed by atoms with van der Waals surface area (Å²) in [6.45, 7) is 7.46. The molecule has 0 aliphatic carbocycles. The number of urea groups is 1. The second kappa shape index (κ2) is 14.9. The van der Waals surface area contributed by atoms with Crippen molar-refractivity contribution in [3.05, 3.63) is 83.9 Å². The lowest BCUT2D eigenvalue weighted by Crippen LogP contribution is -2.38. The number of nitrogens with zero attached hydrogens (tertiary/aromatic N) is 3. The molecule has 1 aliphatic heterocycles. The van der Waals surface area contributed by atoms with E-state index in [9.17, 15) is 14.4 Å². The summed E-state index contributed by atoms with van der Waals surface area (Å²) < 4.78 is 5.35. The number of carbonyl (C=O) groups is 3. The van der Waals surface area contributed by atoms with Gasteiger partial charge in [0.05, 0.1) is 11.4 Å². The van der Waals surface area contributed by atoms with Gasteiger partial charge in [-0.3, -0.25) is 10.1 Å². The molecule has 1 saturated heterocycles. The van der Waals surface area contributed by atoms with Gasteiger partial charge in [0.15, 0.2) is 0 Å². The van der Waals surface area contributed by atoms with Crippen LogP contribution in [0.3, 0.4) is 0 Å². The number of benzene rings is 3. The number of para-hydroxylation sites is 2. The number of anilines is 4. The maximum atomic E-state index is 13.5. The minimum atomic E-state index is -0.648. The second-order valence-electron chi connectivity index (χ2n) is 12.7. The zero-order valence-corrected chi connectivity index (χ0v) is 27.2. The Morgan fingerprint density at radius 3 is 2.11 bits per heavy atom. The summed E-state index contributed by atoms with van der Waals surface area (Å²) in [5.74, 6) is -0.319. The molecule has 3 aromatic rings. The van der Waals surface area contributed by atoms with E-state index in [0.29, 0.717) is 36.1 Å². The lowest BCUT2D eigenvalue weighted by molar-refractivity contribution is 0.0635. The van der Waals surface area contributed by atoms with Gasteiger partial charge >= 0.3 is 12.1 Å². The third kappa shape index (κ3) is 9.97. The molecule has 0 spiro atoms. The van der Waals surface area contributed by atoms with Crippen molar-refractivity contribution in [2.45, 2.75) is 58.2 Å². The molecule has 1 aliphatic rings. The Hall–Kier alpha value is -4.57. The van der Waals surface area contributed by atoms with E-state index in [1.165, 1.54) is 6.42 Å². The first-order valence-corrected chi connectivity index (χ1v) is 15.4. The number of hydrogen-bond acceptors (Lipinski definition) is 6. The van der Waals surface area contributed by atoms with E-state index in [1.807, 2.05) is 60.3 Å². The standard InChI is InChI=1S/C35H46N6O4/c1-35(2,3)45-34(44)38-31-12-8-7-11-30(31)37-32(42)26-15-13-25(14-16-26)24-41(23-21-29-10-9-22-40(29)6)33(43)36-27-17-19-28(20-18-27)39(4)5/h7-8,11-20,29H,9-10,21-24H2,1-6H3,(H,36,43)(H,37,42)(H,38,44). The molecule has 1 fully saturated rings. The number of rotatable bonds is 10. The topological polar surface area (TPSA) is 106 Å². The van der Waals surface area contributed by atoms with Crippen LogP contribution in [0.1, 0.15) is 56.0 Å². The van der Waals surface area contributed by atoms with Gasteiger partial charge in [-0.15, -0.1) is 0 Å². The minimum absolute atomic E-state index is 0.163. The largest absolute Gasteiger partial charge is 0.444 e. The van der Waals surface area contributed by atoms with Crippen LogP contribution >= 0.6 is 0 Å². The first-order valence-electron chi connectivity index (χ1n) is 15.4. The van der Waals surface area contributed by atoms with Crippen molar-refractivity contribution in [1.29, 1.82) is 0 Å². The van der Waals surface area contributed by atoms with Crippen LogP contribution in [-0.4, -0.2) is 73.7 Å². The Bertz CT molecular complexity index is 1450. The molecule has 0 bridgehead atoms. The minimum Gasteiger partial charge on any atom is -0.444 e. The Kier molecular flexibility index (Phi) is 11.1. The third-order valence-corrected chi connectivity index (χ3v) is 7.73. The number of hydrogen-bond donors (Lipinski definition) is 3. The van der Waals surface area contributed by atoms with Gasteiger partial charge in [-0.25, -0.2) is 9.59 Å². The number of nitrogens with one attached hydrogen (secondary N) is 3. The molecule has 45 heavy (non-hydrogen) atoms. The molecule has 3 N–H and O–H groups in total. The molecule has 10 heteroatoms. The monoisotopic (exact) mass is 614 g/mol. The first kappa shape index (κ1) is 33.3. The zero-order valence-electron chi connectivity index (χ0n) is 27.2. The van der Waals surface area contributed by atoms with Crippen molar-refractivity contribution in [1.82, 2.24) is 9.80 Å². The quantitative estimate of drug-likeness (QED) is 0.230. The summed E-state index contributed by atoms with van der Waals surface area (Å²) in [7, 11) is 6.10. The van der Waals surface area contributed by atoms with Crippen LogP contribution < -0.4 is 20.9 Å². The maximum absolute atomic E-state index is 13.5. The van der Waals surface area contributed by atoms with E-state index in [2.05, 4.69) is 27.9 Å². The van der Waals surface area contributed by atoms with Crippen LogP contribution in [0, 0.1) is 0 Å². The molecule has 1 atom stereocenters. The highest BCUT2D eigenvalue weighted by Crippen LogP contribution is 2.24. The molecule has 0 aromatic heterocycles. The molecule has 4 amide bonds. The summed E-state index contributed by atoms with van der Waals surface area (Å²) in [6, 6.07) is 22.2. The van der Waals surface area contributed by atoms with Crippen LogP contribution in [0.25, 0.3) is 0 Å². The van der Waals surface area contributed by atoms with Crippen molar-refractivity contribution in [2.75, 3.05) is 55.1 Å². The van der Waals surface area contributed by atoms with Gasteiger partial charge in [-0.1, -0.05) is 24.3 Å². The van der Waals surface area contributed by atoms with Crippen molar-refractivity contribution in [3.63, 3.8) is 0 Å². The van der Waals surface area contributed by atoms with E-state index >= 15 is 0 Å². The Balaban J connectivity index is 1.42. The fourth-order valence-corrected chi connectivity index (χ4v) is 5.24. The number of carbonyl (C=O) groups excluding carboxylic acids is 3. The van der Waals surface area contributed by atoms with Crippen LogP contribution in [0.4, 0.5) is 32.3 Å². The third-order valence-electron chi connectivity index (χ3n) is 7.73. The van der Waals surface area contributed by atoms with E-state index < -0.39 is 11.7 Å². The van der Waals surface area contributed by atoms with Gasteiger partial charge in [-0.2, -0.15) is 0 Å². The molecule has 240 valence electrons. The summed E-state index contributed by atoms with van der Waals surface area (Å²) in [6.07, 6.45) is 2.60. The Labute approximate surface area is 266 Å². The number of ether oxygens (including phenoxy) is 1. The molecule has 1 unspecified atom stereocenters. The van der Waals surface area contributed by atoms with E-state index in [0.717, 1.165) is 36.3 Å². The van der Waals surface area contributed by atoms with Gasteiger partial charge in [0, 0.05) is 50.2 Å². The fourth-order valence-electron chi connectivity index (χ4n) is 5.24. The van der Waals surface area contributed by atoms with Crippen molar-refractivity contribution in [2.24, 2.45) is 0 Å². The van der Waals surface area contributed by atoms with Crippen molar-refractivity contribution in [3.8, 4) is 0 Å². The SMILES string of the molecule is CN(C)c1ccc(NC(=O)N(CCC2CCCN2C)Cc2ccc(C(=O)Nc3ccccc3NC(=O)OC(C)(C)C)cc2)cc1. The first-order chi connectivity index (χ1) is 21.4. The van der Waals surface area contributed by atoms with E-state index in [1.54, 1.807) is 57.2 Å². The highest BCUT2D eigenvalue weighted by atomic mass is 16.6. The highest BCUT2D eigenvalue weighted by molar-refractivity contribution is 6.06. The normalized spacial score (nSPS) is 14.8. The lowest BCUT2D eigenvalue weighted by atomic mass is 10.1. The molecule has 4 rings (SSSR count). The summed E-state index contributed by atoms with van der Waals surface area (Å²) in [4.78, 5) is 45.1. The van der Waals surface area contributed by atoms with Gasteiger partial charge in [0.2, 0.25) is 0 Å². The van der Waals surface area contributed by atoms with Gasteiger partial charge in [0.1, 0.15) is 5.60 Å². The molecule has 10 nitrogen and oxygen atoms in total. The van der Waals surface area contributed by atoms with Gasteiger partial charge < -0.3 is 30.1 Å². The van der Waals surface area contributed by atoms with E-state index in [-0.39, 0.29) is 11.9 Å². The predicted molar refractivity (Wildman–Crippen MR) is 181 cm³/mol. The molecule has 1 heterocycles. The van der Waals surface area contributed by atoms with Crippen LogP contribution in [0.2, 0.25) is 0 Å². The summed E-state index contributed by atoms with van der Waals surface area (Å²) >= 11 is 0. The predicted octanol–water partition coefficient (Wildman–Crippen LogP) is 6.87. The van der Waals surface area contributed by atoms with E-state index in [4.69, 9.17) is 4.74 Å². The van der Waals surface area contributed by atoms with Crippen molar-refractivity contribution >= 4 is 40.8 Å². The number of likely N-dealkylation sites (tertiary alicyclic amines) is 1. The van der Waals surface area contributed by atoms with Gasteiger partial charge in [-0.05, 0) is 108 Å². The highest BCUT2D eigenvalue weighted by Gasteiger charge is 2.23. The second-order valence-corrected chi connectivity index (χ2v) is 12.7. The summed E-state index contributed by atoms with van der Waals surface area (Å²) in [5, 5.41) is 8.63. The zero-order chi connectivity index (χ0) is 32.6. The summed E-state index contributed by atoms with van der Waals surface area (Å²) in [5.41, 5.74) is 3.40. The molecule has 0 saturated carbocycles. The maximum Gasteiger partial charge on any atom is 0.412 e. The molecular formula is C35H46N6O4. The average molecular weight is 615 g/mol. The molecule has 3 aromatic carbocycles. The van der Waals surface area contributed by atoms with Crippen LogP contribution in [0.5, 0.6) is 0 Å². The molecule has 0 radical (unpaired) electrons. The Morgan fingerprint density at radius 1 is 0.889 bits per heavy atom. The van der Waals surface area contributed by atoms with Crippen molar-refractivity contribution < 1.29 is 19.1 Å². The lowest BCUT2D eigenvalue weighted by Gasteiger charge is -2.27. The number of amides is 4. The molecular weight excluding hydrogens is 568 g/mol. The average Bonchev–Trinajstić information content (AvgIpc) is 3.40. The van der Waals surface area contributed by atoms with Crippen LogP contribution in [0.15, 0.2) is 72.8 Å². The Morgan fingerprint density at radius 2 is 1.53 bits per heavy atom. The smallest absolute Gasteiger partial charge is 0.412 e. The van der Waals surface area contributed by atoms with Crippen LogP contribution in [-0.2, 0) is 11.3 Å².